The normalized spacial score (nSPS) is 21.2. The molecule has 0 atom stereocenters. The largest absolute Gasteiger partial charge is 0.383 e. The molecule has 16 heavy (non-hydrogen) atoms. The van der Waals surface area contributed by atoms with Crippen LogP contribution in [0, 0.1) is 12.3 Å². The number of aromatic nitrogens is 2. The van der Waals surface area contributed by atoms with Gasteiger partial charge < -0.3 is 5.73 Å². The first kappa shape index (κ1) is 11.8. The molecule has 1 aliphatic carbocycles. The molecule has 2 rings (SSSR count). The van der Waals surface area contributed by atoms with Crippen molar-refractivity contribution < 1.29 is 0 Å². The van der Waals surface area contributed by atoms with Crippen LogP contribution in [0.4, 0.5) is 5.82 Å². The van der Waals surface area contributed by atoms with E-state index in [0.29, 0.717) is 22.3 Å². The van der Waals surface area contributed by atoms with Gasteiger partial charge in [0.15, 0.2) is 0 Å². The molecule has 90 valence electrons. The lowest BCUT2D eigenvalue weighted by Crippen LogP contribution is -2.24. The van der Waals surface area contributed by atoms with Gasteiger partial charge in [-0.3, -0.25) is 0 Å². The lowest BCUT2D eigenvalue weighted by Gasteiger charge is -2.34. The van der Waals surface area contributed by atoms with Crippen molar-refractivity contribution in [3.05, 3.63) is 10.7 Å². The summed E-state index contributed by atoms with van der Waals surface area (Å²) in [4.78, 5) is 0. The van der Waals surface area contributed by atoms with Crippen LogP contribution in [0.1, 0.15) is 51.3 Å². The first-order valence-electron chi connectivity index (χ1n) is 5.91. The number of nitrogen functional groups attached to an aromatic ring is 1. The lowest BCUT2D eigenvalue weighted by atomic mass is 9.75. The Kier molecular flexibility index (Phi) is 2.91. The highest BCUT2D eigenvalue weighted by atomic mass is 35.5. The van der Waals surface area contributed by atoms with Gasteiger partial charge in [0.1, 0.15) is 10.8 Å². The van der Waals surface area contributed by atoms with E-state index in [1.54, 1.807) is 0 Å². The Labute approximate surface area is 102 Å². The molecule has 0 radical (unpaired) electrons. The molecule has 0 unspecified atom stereocenters. The second-order valence-corrected chi connectivity index (χ2v) is 6.00. The first-order chi connectivity index (χ1) is 7.41. The molecule has 0 saturated heterocycles. The minimum absolute atomic E-state index is 0.430. The fourth-order valence-electron chi connectivity index (χ4n) is 2.45. The quantitative estimate of drug-likeness (QED) is 0.817. The number of anilines is 1. The van der Waals surface area contributed by atoms with Crippen molar-refractivity contribution in [2.45, 2.75) is 52.5 Å². The van der Waals surface area contributed by atoms with Crippen molar-refractivity contribution in [3.8, 4) is 0 Å². The van der Waals surface area contributed by atoms with Crippen molar-refractivity contribution >= 4 is 17.4 Å². The maximum absolute atomic E-state index is 6.07. The summed E-state index contributed by atoms with van der Waals surface area (Å²) in [5, 5.41) is 5.06. The standard InChI is InChI=1S/C12H20ClN3/c1-8-10(13)11(14)16(15-8)9-4-6-12(2,3)7-5-9/h9H,4-7,14H2,1-3H3. The number of aryl methyl sites for hydroxylation is 1. The zero-order valence-electron chi connectivity index (χ0n) is 10.3. The van der Waals surface area contributed by atoms with Crippen molar-refractivity contribution in [1.29, 1.82) is 0 Å². The highest BCUT2D eigenvalue weighted by Gasteiger charge is 2.29. The van der Waals surface area contributed by atoms with Gasteiger partial charge in [-0.1, -0.05) is 25.4 Å². The van der Waals surface area contributed by atoms with Crippen LogP contribution in [-0.2, 0) is 0 Å². The molecule has 1 aromatic heterocycles. The smallest absolute Gasteiger partial charge is 0.141 e. The van der Waals surface area contributed by atoms with Crippen LogP contribution in [0.25, 0.3) is 0 Å². The van der Waals surface area contributed by atoms with E-state index in [1.165, 1.54) is 12.8 Å². The summed E-state index contributed by atoms with van der Waals surface area (Å²) >= 11 is 6.07. The Hall–Kier alpha value is -0.700. The third-order valence-corrected chi connectivity index (χ3v) is 4.17. The second kappa shape index (κ2) is 3.95. The van der Waals surface area contributed by atoms with Crippen LogP contribution >= 0.6 is 11.6 Å². The van der Waals surface area contributed by atoms with E-state index < -0.39 is 0 Å². The van der Waals surface area contributed by atoms with Crippen LogP contribution in [0.2, 0.25) is 5.02 Å². The van der Waals surface area contributed by atoms with Gasteiger partial charge in [0, 0.05) is 0 Å². The molecule has 0 aromatic carbocycles. The Balaban J connectivity index is 2.17. The molecular formula is C12H20ClN3. The summed E-state index contributed by atoms with van der Waals surface area (Å²) in [5.74, 6) is 0.629. The highest BCUT2D eigenvalue weighted by Crippen LogP contribution is 2.41. The Morgan fingerprint density at radius 3 is 2.38 bits per heavy atom. The first-order valence-corrected chi connectivity index (χ1v) is 6.28. The average molecular weight is 242 g/mol. The van der Waals surface area contributed by atoms with Crippen molar-refractivity contribution in [3.63, 3.8) is 0 Å². The van der Waals surface area contributed by atoms with E-state index in [4.69, 9.17) is 17.3 Å². The van der Waals surface area contributed by atoms with Crippen LogP contribution < -0.4 is 5.73 Å². The van der Waals surface area contributed by atoms with E-state index in [0.717, 1.165) is 18.5 Å². The SMILES string of the molecule is Cc1nn(C2CCC(C)(C)CC2)c(N)c1Cl. The summed E-state index contributed by atoms with van der Waals surface area (Å²) in [7, 11) is 0. The molecular weight excluding hydrogens is 222 g/mol. The predicted octanol–water partition coefficient (Wildman–Crippen LogP) is 3.57. The van der Waals surface area contributed by atoms with Crippen molar-refractivity contribution in [2.24, 2.45) is 5.41 Å². The van der Waals surface area contributed by atoms with E-state index in [-0.39, 0.29) is 0 Å². The van der Waals surface area contributed by atoms with Gasteiger partial charge in [0.25, 0.3) is 0 Å². The van der Waals surface area contributed by atoms with Crippen molar-refractivity contribution in [1.82, 2.24) is 9.78 Å². The van der Waals surface area contributed by atoms with E-state index in [2.05, 4.69) is 18.9 Å². The third-order valence-electron chi connectivity index (χ3n) is 3.70. The molecule has 1 fully saturated rings. The number of hydrogen-bond acceptors (Lipinski definition) is 2. The maximum Gasteiger partial charge on any atom is 0.141 e. The Morgan fingerprint density at radius 1 is 1.38 bits per heavy atom. The second-order valence-electron chi connectivity index (χ2n) is 5.62. The minimum atomic E-state index is 0.430. The molecule has 1 aromatic rings. The molecule has 4 heteroatoms. The van der Waals surface area contributed by atoms with Crippen molar-refractivity contribution in [2.75, 3.05) is 5.73 Å². The summed E-state index contributed by atoms with van der Waals surface area (Å²) in [5.41, 5.74) is 7.28. The monoisotopic (exact) mass is 241 g/mol. The summed E-state index contributed by atoms with van der Waals surface area (Å²) < 4.78 is 1.92. The van der Waals surface area contributed by atoms with Gasteiger partial charge >= 0.3 is 0 Å². The van der Waals surface area contributed by atoms with Gasteiger partial charge in [0.2, 0.25) is 0 Å². The van der Waals surface area contributed by atoms with Crippen LogP contribution in [0.3, 0.4) is 0 Å². The number of nitrogens with zero attached hydrogens (tertiary/aromatic N) is 2. The highest BCUT2D eigenvalue weighted by molar-refractivity contribution is 6.33. The van der Waals surface area contributed by atoms with E-state index in [1.807, 2.05) is 11.6 Å². The summed E-state index contributed by atoms with van der Waals surface area (Å²) in [6.07, 6.45) is 4.75. The molecule has 1 heterocycles. The van der Waals surface area contributed by atoms with Crippen LogP contribution in [-0.4, -0.2) is 9.78 Å². The van der Waals surface area contributed by atoms with Crippen LogP contribution in [0.5, 0.6) is 0 Å². The van der Waals surface area contributed by atoms with Gasteiger partial charge in [-0.05, 0) is 38.0 Å². The summed E-state index contributed by atoms with van der Waals surface area (Å²) in [6, 6.07) is 0.430. The molecule has 1 saturated carbocycles. The molecule has 0 amide bonds. The topological polar surface area (TPSA) is 43.8 Å². The summed E-state index contributed by atoms with van der Waals surface area (Å²) in [6.45, 7) is 6.56. The van der Waals surface area contributed by atoms with Gasteiger partial charge in [-0.2, -0.15) is 5.10 Å². The molecule has 0 aliphatic heterocycles. The predicted molar refractivity (Wildman–Crippen MR) is 67.7 cm³/mol. The number of nitrogens with two attached hydrogens (primary N) is 1. The fraction of sp³-hybridized carbons (Fsp3) is 0.750. The molecule has 0 spiro atoms. The number of hydrogen-bond donors (Lipinski definition) is 1. The van der Waals surface area contributed by atoms with Gasteiger partial charge in [0.05, 0.1) is 11.7 Å². The molecule has 3 nitrogen and oxygen atoms in total. The number of halogens is 1. The Morgan fingerprint density at radius 2 is 1.94 bits per heavy atom. The van der Waals surface area contributed by atoms with E-state index >= 15 is 0 Å². The van der Waals surface area contributed by atoms with Crippen LogP contribution in [0.15, 0.2) is 0 Å². The third kappa shape index (κ3) is 2.05. The maximum atomic E-state index is 6.07. The van der Waals surface area contributed by atoms with Gasteiger partial charge in [-0.15, -0.1) is 0 Å². The average Bonchev–Trinajstić information content (AvgIpc) is 2.46. The molecule has 0 bridgehead atoms. The molecule has 1 aliphatic rings. The van der Waals surface area contributed by atoms with Gasteiger partial charge in [-0.25, -0.2) is 4.68 Å². The zero-order chi connectivity index (χ0) is 11.9. The zero-order valence-corrected chi connectivity index (χ0v) is 11.0. The fourth-order valence-corrected chi connectivity index (χ4v) is 2.58. The number of rotatable bonds is 1. The Bertz CT molecular complexity index is 385. The molecule has 2 N–H and O–H groups in total. The lowest BCUT2D eigenvalue weighted by molar-refractivity contribution is 0.187. The van der Waals surface area contributed by atoms with E-state index in [9.17, 15) is 0 Å². The minimum Gasteiger partial charge on any atom is -0.383 e.